The zero-order chi connectivity index (χ0) is 16.9. The summed E-state index contributed by atoms with van der Waals surface area (Å²) >= 11 is 0. The molecular formula is C16H13N5O2S. The van der Waals surface area contributed by atoms with Crippen molar-refractivity contribution in [2.45, 2.75) is 4.90 Å². The van der Waals surface area contributed by atoms with Gasteiger partial charge in [0, 0.05) is 29.4 Å². The van der Waals surface area contributed by atoms with Gasteiger partial charge < -0.3 is 10.7 Å². The average molecular weight is 339 g/mol. The molecule has 24 heavy (non-hydrogen) atoms. The lowest BCUT2D eigenvalue weighted by Crippen LogP contribution is -2.00. The van der Waals surface area contributed by atoms with E-state index in [4.69, 9.17) is 5.73 Å². The molecule has 0 radical (unpaired) electrons. The van der Waals surface area contributed by atoms with Crippen molar-refractivity contribution >= 4 is 37.6 Å². The summed E-state index contributed by atoms with van der Waals surface area (Å²) in [4.78, 5) is 16.3. The summed E-state index contributed by atoms with van der Waals surface area (Å²) in [6, 6.07) is 8.56. The SMILES string of the molecule is CS(=O)(=O)c1ccc2c(c1)nc(-c1ccc[nH]1)c1nc(N)ncc12. The van der Waals surface area contributed by atoms with E-state index in [9.17, 15) is 8.42 Å². The number of rotatable bonds is 2. The molecule has 0 aliphatic carbocycles. The predicted octanol–water partition coefficient (Wildman–Crippen LogP) is 2.16. The Hall–Kier alpha value is -3.00. The van der Waals surface area contributed by atoms with Gasteiger partial charge in [-0.3, -0.25) is 0 Å². The van der Waals surface area contributed by atoms with E-state index in [0.717, 1.165) is 16.5 Å². The lowest BCUT2D eigenvalue weighted by atomic mass is 10.1. The molecule has 0 unspecified atom stereocenters. The van der Waals surface area contributed by atoms with Gasteiger partial charge in [-0.1, -0.05) is 6.07 Å². The summed E-state index contributed by atoms with van der Waals surface area (Å²) in [5.74, 6) is 0.157. The summed E-state index contributed by atoms with van der Waals surface area (Å²) < 4.78 is 23.6. The molecule has 3 aromatic heterocycles. The Balaban J connectivity index is 2.16. The van der Waals surface area contributed by atoms with E-state index >= 15 is 0 Å². The first-order valence-corrected chi connectivity index (χ1v) is 9.02. The van der Waals surface area contributed by atoms with Crippen LogP contribution in [0.25, 0.3) is 33.2 Å². The average Bonchev–Trinajstić information content (AvgIpc) is 3.06. The van der Waals surface area contributed by atoms with Crippen molar-refractivity contribution in [3.8, 4) is 11.4 Å². The van der Waals surface area contributed by atoms with Crippen molar-refractivity contribution in [3.05, 3.63) is 42.7 Å². The minimum Gasteiger partial charge on any atom is -0.368 e. The molecule has 120 valence electrons. The third-order valence-corrected chi connectivity index (χ3v) is 4.91. The first kappa shape index (κ1) is 14.6. The van der Waals surface area contributed by atoms with Crippen molar-refractivity contribution in [3.63, 3.8) is 0 Å². The van der Waals surface area contributed by atoms with Gasteiger partial charge in [-0.05, 0) is 24.3 Å². The first-order valence-electron chi connectivity index (χ1n) is 7.13. The van der Waals surface area contributed by atoms with Crippen molar-refractivity contribution < 1.29 is 8.42 Å². The van der Waals surface area contributed by atoms with Gasteiger partial charge in [-0.25, -0.2) is 23.4 Å². The number of nitrogens with one attached hydrogen (secondary N) is 1. The van der Waals surface area contributed by atoms with Gasteiger partial charge in [0.1, 0.15) is 11.2 Å². The molecule has 3 N–H and O–H groups in total. The van der Waals surface area contributed by atoms with Gasteiger partial charge in [0.25, 0.3) is 0 Å². The summed E-state index contributed by atoms with van der Waals surface area (Å²) in [7, 11) is -3.32. The molecular weight excluding hydrogens is 326 g/mol. The van der Waals surface area contributed by atoms with Crippen LogP contribution in [-0.4, -0.2) is 34.6 Å². The van der Waals surface area contributed by atoms with E-state index < -0.39 is 9.84 Å². The Morgan fingerprint density at radius 1 is 1.12 bits per heavy atom. The minimum absolute atomic E-state index is 0.157. The van der Waals surface area contributed by atoms with E-state index in [0.29, 0.717) is 16.7 Å². The third-order valence-electron chi connectivity index (χ3n) is 3.80. The van der Waals surface area contributed by atoms with Crippen LogP contribution in [-0.2, 0) is 9.84 Å². The van der Waals surface area contributed by atoms with Crippen molar-refractivity contribution in [1.82, 2.24) is 19.9 Å². The number of nitrogens with two attached hydrogens (primary N) is 1. The number of hydrogen-bond acceptors (Lipinski definition) is 6. The number of aromatic amines is 1. The highest BCUT2D eigenvalue weighted by Gasteiger charge is 2.15. The van der Waals surface area contributed by atoms with E-state index in [1.807, 2.05) is 12.1 Å². The molecule has 1 aromatic carbocycles. The predicted molar refractivity (Wildman–Crippen MR) is 92.1 cm³/mol. The van der Waals surface area contributed by atoms with Gasteiger partial charge >= 0.3 is 0 Å². The molecule has 0 aliphatic rings. The smallest absolute Gasteiger partial charge is 0.220 e. The molecule has 0 saturated heterocycles. The van der Waals surface area contributed by atoms with Crippen LogP contribution in [0.4, 0.5) is 5.95 Å². The van der Waals surface area contributed by atoms with Crippen LogP contribution in [0.2, 0.25) is 0 Å². The molecule has 0 fully saturated rings. The summed E-state index contributed by atoms with van der Waals surface area (Å²) in [6.07, 6.45) is 4.59. The first-order chi connectivity index (χ1) is 11.4. The Kier molecular flexibility index (Phi) is 3.04. The fraction of sp³-hybridized carbons (Fsp3) is 0.0625. The number of nitrogens with zero attached hydrogens (tertiary/aromatic N) is 3. The fourth-order valence-electron chi connectivity index (χ4n) is 2.67. The Morgan fingerprint density at radius 3 is 2.67 bits per heavy atom. The molecule has 0 spiro atoms. The molecule has 4 aromatic rings. The maximum absolute atomic E-state index is 11.8. The van der Waals surface area contributed by atoms with Crippen LogP contribution < -0.4 is 5.73 Å². The highest BCUT2D eigenvalue weighted by atomic mass is 32.2. The van der Waals surface area contributed by atoms with Crippen LogP contribution in [0.1, 0.15) is 0 Å². The minimum atomic E-state index is -3.32. The largest absolute Gasteiger partial charge is 0.368 e. The van der Waals surface area contributed by atoms with E-state index in [1.165, 1.54) is 6.26 Å². The van der Waals surface area contributed by atoms with Crippen LogP contribution in [0.5, 0.6) is 0 Å². The number of fused-ring (bicyclic) bond motifs is 3. The van der Waals surface area contributed by atoms with E-state index in [2.05, 4.69) is 19.9 Å². The number of anilines is 1. The molecule has 7 nitrogen and oxygen atoms in total. The normalized spacial score (nSPS) is 12.0. The van der Waals surface area contributed by atoms with Gasteiger partial charge in [-0.2, -0.15) is 0 Å². The maximum atomic E-state index is 11.8. The highest BCUT2D eigenvalue weighted by molar-refractivity contribution is 7.90. The third kappa shape index (κ3) is 2.28. The molecule has 3 heterocycles. The van der Waals surface area contributed by atoms with Crippen LogP contribution in [0.15, 0.2) is 47.6 Å². The van der Waals surface area contributed by atoms with Crippen LogP contribution in [0, 0.1) is 0 Å². The zero-order valence-electron chi connectivity index (χ0n) is 12.7. The van der Waals surface area contributed by atoms with Gasteiger partial charge in [0.05, 0.1) is 16.1 Å². The standard InChI is InChI=1S/C16H13N5O2S/c1-24(22,23)9-4-5-10-11-8-19-16(17)21-14(11)15(20-13(10)7-9)12-3-2-6-18-12/h2-8,18H,1H3,(H2,17,19,21). The van der Waals surface area contributed by atoms with E-state index in [-0.39, 0.29) is 10.8 Å². The fourth-order valence-corrected chi connectivity index (χ4v) is 3.32. The number of benzene rings is 1. The summed E-state index contributed by atoms with van der Waals surface area (Å²) in [5.41, 5.74) is 8.27. The lowest BCUT2D eigenvalue weighted by Gasteiger charge is -2.09. The maximum Gasteiger partial charge on any atom is 0.220 e. The van der Waals surface area contributed by atoms with Gasteiger partial charge in [-0.15, -0.1) is 0 Å². The number of hydrogen-bond donors (Lipinski definition) is 2. The number of pyridine rings is 1. The van der Waals surface area contributed by atoms with E-state index in [1.54, 1.807) is 30.6 Å². The van der Waals surface area contributed by atoms with Crippen LogP contribution >= 0.6 is 0 Å². The Bertz CT molecular complexity index is 1180. The van der Waals surface area contributed by atoms with Crippen LogP contribution in [0.3, 0.4) is 0 Å². The summed E-state index contributed by atoms with van der Waals surface area (Å²) in [5, 5.41) is 1.53. The number of H-pyrrole nitrogens is 1. The molecule has 8 heteroatoms. The Labute approximate surface area is 137 Å². The number of nitrogen functional groups attached to an aromatic ring is 1. The quantitative estimate of drug-likeness (QED) is 0.541. The van der Waals surface area contributed by atoms with Gasteiger partial charge in [0.15, 0.2) is 9.84 Å². The molecule has 0 bridgehead atoms. The van der Waals surface area contributed by atoms with Gasteiger partial charge in [0.2, 0.25) is 5.95 Å². The summed E-state index contributed by atoms with van der Waals surface area (Å²) in [6.45, 7) is 0. The molecule has 0 amide bonds. The molecule has 4 rings (SSSR count). The van der Waals surface area contributed by atoms with Crippen molar-refractivity contribution in [2.75, 3.05) is 12.0 Å². The topological polar surface area (TPSA) is 115 Å². The zero-order valence-corrected chi connectivity index (χ0v) is 13.5. The second-order valence-electron chi connectivity index (χ2n) is 5.49. The number of aromatic nitrogens is 4. The molecule has 0 aliphatic heterocycles. The molecule has 0 saturated carbocycles. The Morgan fingerprint density at radius 2 is 1.96 bits per heavy atom. The molecule has 0 atom stereocenters. The monoisotopic (exact) mass is 339 g/mol. The highest BCUT2D eigenvalue weighted by Crippen LogP contribution is 2.31. The number of sulfone groups is 1. The second-order valence-corrected chi connectivity index (χ2v) is 7.50. The van der Waals surface area contributed by atoms with Crippen molar-refractivity contribution in [2.24, 2.45) is 0 Å². The van der Waals surface area contributed by atoms with Crippen molar-refractivity contribution in [1.29, 1.82) is 0 Å². The lowest BCUT2D eigenvalue weighted by molar-refractivity contribution is 0.602. The second kappa shape index (κ2) is 5.00.